The van der Waals surface area contributed by atoms with E-state index in [1.807, 2.05) is 60.7 Å². The molecule has 0 aliphatic heterocycles. The summed E-state index contributed by atoms with van der Waals surface area (Å²) in [5, 5.41) is 5.72. The molecule has 0 aliphatic rings. The maximum Gasteiger partial charge on any atom is 0.273 e. The number of aryl methyl sites for hydroxylation is 2. The number of rotatable bonds is 9. The van der Waals surface area contributed by atoms with Crippen LogP contribution in [0.15, 0.2) is 83.7 Å². The molecule has 0 unspecified atom stereocenters. The topological polar surface area (TPSA) is 93.1 Å². The largest absolute Gasteiger partial charge is 0.352 e. The van der Waals surface area contributed by atoms with Gasteiger partial charge in [-0.3, -0.25) is 19.0 Å². The Bertz CT molecular complexity index is 1380. The molecule has 0 bridgehead atoms. The van der Waals surface area contributed by atoms with Crippen LogP contribution in [-0.2, 0) is 35.5 Å². The van der Waals surface area contributed by atoms with Crippen molar-refractivity contribution in [2.75, 3.05) is 5.32 Å². The quantitative estimate of drug-likeness (QED) is 0.390. The van der Waals surface area contributed by atoms with Gasteiger partial charge in [-0.1, -0.05) is 61.5 Å². The zero-order valence-corrected chi connectivity index (χ0v) is 19.7. The highest BCUT2D eigenvalue weighted by Crippen LogP contribution is 2.13. The minimum Gasteiger partial charge on any atom is -0.352 e. The van der Waals surface area contributed by atoms with E-state index in [-0.39, 0.29) is 42.5 Å². The van der Waals surface area contributed by atoms with Crippen molar-refractivity contribution in [2.45, 2.75) is 39.3 Å². The summed E-state index contributed by atoms with van der Waals surface area (Å²) in [5.41, 5.74) is 3.93. The second-order valence-corrected chi connectivity index (χ2v) is 8.30. The van der Waals surface area contributed by atoms with Crippen molar-refractivity contribution in [3.8, 4) is 0 Å². The third-order valence-electron chi connectivity index (χ3n) is 5.79. The number of amides is 2. The Kier molecular flexibility index (Phi) is 7.67. The first-order chi connectivity index (χ1) is 17.0. The van der Waals surface area contributed by atoms with Crippen molar-refractivity contribution in [2.24, 2.45) is 0 Å². The smallest absolute Gasteiger partial charge is 0.273 e. The molecular weight excluding hydrogens is 440 g/mol. The van der Waals surface area contributed by atoms with E-state index in [0.29, 0.717) is 23.3 Å². The van der Waals surface area contributed by atoms with E-state index in [0.717, 1.165) is 12.0 Å². The summed E-state index contributed by atoms with van der Waals surface area (Å²) >= 11 is 0. The maximum atomic E-state index is 13.2. The van der Waals surface area contributed by atoms with E-state index in [9.17, 15) is 14.4 Å². The molecule has 0 saturated heterocycles. The molecule has 178 valence electrons. The van der Waals surface area contributed by atoms with Gasteiger partial charge in [0.1, 0.15) is 12.2 Å². The number of nitrogens with one attached hydrogen (secondary N) is 2. The fourth-order valence-corrected chi connectivity index (χ4v) is 3.85. The van der Waals surface area contributed by atoms with Crippen molar-refractivity contribution < 1.29 is 9.59 Å². The lowest BCUT2D eigenvalue weighted by Gasteiger charge is -2.13. The first kappa shape index (κ1) is 23.9. The summed E-state index contributed by atoms with van der Waals surface area (Å²) in [6.07, 6.45) is 1.23. The molecule has 4 aromatic rings. The molecule has 0 atom stereocenters. The van der Waals surface area contributed by atoms with Crippen LogP contribution in [0.4, 0.5) is 5.69 Å². The third kappa shape index (κ3) is 6.20. The first-order valence-corrected chi connectivity index (χ1v) is 11.7. The molecule has 0 spiro atoms. The number of aromatic nitrogens is 2. The number of benzene rings is 3. The average Bonchev–Trinajstić information content (AvgIpc) is 2.89. The van der Waals surface area contributed by atoms with E-state index in [1.54, 1.807) is 18.2 Å². The van der Waals surface area contributed by atoms with E-state index in [4.69, 9.17) is 0 Å². The van der Waals surface area contributed by atoms with Crippen LogP contribution in [0.25, 0.3) is 11.0 Å². The number of hydrogen-bond donors (Lipinski definition) is 2. The molecule has 1 heterocycles. The standard InChI is InChI=1S/C28H28N4O3/c1-2-20-12-14-22(15-13-20)30-27(34)19-32-25-11-7-6-10-23(25)31-24(28(32)35)16-17-26(33)29-18-21-8-4-3-5-9-21/h3-15H,2,16-19H2,1H3,(H,29,33)(H,30,34). The molecule has 3 aromatic carbocycles. The lowest BCUT2D eigenvalue weighted by atomic mass is 10.1. The van der Waals surface area contributed by atoms with E-state index < -0.39 is 0 Å². The van der Waals surface area contributed by atoms with Crippen LogP contribution in [0.1, 0.15) is 30.2 Å². The molecule has 1 aromatic heterocycles. The van der Waals surface area contributed by atoms with Gasteiger partial charge in [-0.15, -0.1) is 0 Å². The molecule has 7 nitrogen and oxygen atoms in total. The van der Waals surface area contributed by atoms with Crippen LogP contribution in [0.5, 0.6) is 0 Å². The van der Waals surface area contributed by atoms with Gasteiger partial charge >= 0.3 is 0 Å². The van der Waals surface area contributed by atoms with Gasteiger partial charge in [-0.25, -0.2) is 4.98 Å². The highest BCUT2D eigenvalue weighted by atomic mass is 16.2. The predicted molar refractivity (Wildman–Crippen MR) is 137 cm³/mol. The Morgan fingerprint density at radius 3 is 2.31 bits per heavy atom. The van der Waals surface area contributed by atoms with Crippen LogP contribution in [0, 0.1) is 0 Å². The fourth-order valence-electron chi connectivity index (χ4n) is 3.85. The van der Waals surface area contributed by atoms with Gasteiger partial charge < -0.3 is 10.6 Å². The molecule has 0 fully saturated rings. The van der Waals surface area contributed by atoms with Gasteiger partial charge in [0.15, 0.2) is 0 Å². The second-order valence-electron chi connectivity index (χ2n) is 8.30. The van der Waals surface area contributed by atoms with Gasteiger partial charge in [-0.2, -0.15) is 0 Å². The second kappa shape index (κ2) is 11.2. The predicted octanol–water partition coefficient (Wildman–Crippen LogP) is 3.85. The fraction of sp³-hybridized carbons (Fsp3) is 0.214. The summed E-state index contributed by atoms with van der Waals surface area (Å²) < 4.78 is 1.43. The van der Waals surface area contributed by atoms with Gasteiger partial charge in [0.05, 0.1) is 11.0 Å². The van der Waals surface area contributed by atoms with Crippen molar-refractivity contribution in [1.29, 1.82) is 0 Å². The summed E-state index contributed by atoms with van der Waals surface area (Å²) in [6, 6.07) is 24.5. The number of carbonyl (C=O) groups excluding carboxylic acids is 2. The SMILES string of the molecule is CCc1ccc(NC(=O)Cn2c(=O)c(CCC(=O)NCc3ccccc3)nc3ccccc32)cc1. The molecule has 4 rings (SSSR count). The highest BCUT2D eigenvalue weighted by molar-refractivity contribution is 5.91. The van der Waals surface area contributed by atoms with Gasteiger partial charge in [0, 0.05) is 25.1 Å². The molecule has 35 heavy (non-hydrogen) atoms. The van der Waals surface area contributed by atoms with Crippen molar-refractivity contribution in [3.63, 3.8) is 0 Å². The number of anilines is 1. The zero-order valence-electron chi connectivity index (χ0n) is 19.7. The molecule has 0 saturated carbocycles. The van der Waals surface area contributed by atoms with Crippen LogP contribution in [-0.4, -0.2) is 21.4 Å². The Balaban J connectivity index is 1.48. The normalized spacial score (nSPS) is 10.8. The number of hydrogen-bond acceptors (Lipinski definition) is 4. The van der Waals surface area contributed by atoms with Gasteiger partial charge in [0.2, 0.25) is 11.8 Å². The average molecular weight is 469 g/mol. The number of para-hydroxylation sites is 2. The Morgan fingerprint density at radius 2 is 1.57 bits per heavy atom. The Hall–Kier alpha value is -4.26. The van der Waals surface area contributed by atoms with E-state index >= 15 is 0 Å². The minimum absolute atomic E-state index is 0.128. The molecule has 2 amide bonds. The molecule has 2 N–H and O–H groups in total. The van der Waals surface area contributed by atoms with Crippen molar-refractivity contribution >= 4 is 28.5 Å². The van der Waals surface area contributed by atoms with Crippen LogP contribution in [0.3, 0.4) is 0 Å². The van der Waals surface area contributed by atoms with Crippen molar-refractivity contribution in [3.05, 3.63) is 106 Å². The maximum absolute atomic E-state index is 13.2. The summed E-state index contributed by atoms with van der Waals surface area (Å²) in [4.78, 5) is 42.9. The zero-order chi connectivity index (χ0) is 24.6. The Morgan fingerprint density at radius 1 is 0.857 bits per heavy atom. The lowest BCUT2D eigenvalue weighted by molar-refractivity contribution is -0.121. The summed E-state index contributed by atoms with van der Waals surface area (Å²) in [6.45, 7) is 2.35. The lowest BCUT2D eigenvalue weighted by Crippen LogP contribution is -2.32. The van der Waals surface area contributed by atoms with Crippen LogP contribution < -0.4 is 16.2 Å². The van der Waals surface area contributed by atoms with Crippen LogP contribution >= 0.6 is 0 Å². The van der Waals surface area contributed by atoms with Gasteiger partial charge in [0.25, 0.3) is 5.56 Å². The highest BCUT2D eigenvalue weighted by Gasteiger charge is 2.15. The first-order valence-electron chi connectivity index (χ1n) is 11.7. The molecule has 0 radical (unpaired) electrons. The van der Waals surface area contributed by atoms with Crippen molar-refractivity contribution in [1.82, 2.24) is 14.9 Å². The Labute approximate surface area is 203 Å². The molecular formula is C28H28N4O3. The molecule has 7 heteroatoms. The molecule has 0 aliphatic carbocycles. The summed E-state index contributed by atoms with van der Waals surface area (Å²) in [7, 11) is 0. The number of fused-ring (bicyclic) bond motifs is 1. The summed E-state index contributed by atoms with van der Waals surface area (Å²) in [5.74, 6) is -0.470. The van der Waals surface area contributed by atoms with E-state index in [2.05, 4.69) is 22.5 Å². The third-order valence-corrected chi connectivity index (χ3v) is 5.79. The van der Waals surface area contributed by atoms with E-state index in [1.165, 1.54) is 10.1 Å². The van der Waals surface area contributed by atoms with Crippen LogP contribution in [0.2, 0.25) is 0 Å². The van der Waals surface area contributed by atoms with Gasteiger partial charge in [-0.05, 0) is 41.8 Å². The number of carbonyl (C=O) groups is 2. The number of nitrogens with zero attached hydrogens (tertiary/aromatic N) is 2. The monoisotopic (exact) mass is 468 g/mol. The minimum atomic E-state index is -0.365.